The Morgan fingerprint density at radius 2 is 1.95 bits per heavy atom. The van der Waals surface area contributed by atoms with E-state index in [0.29, 0.717) is 18.4 Å². The van der Waals surface area contributed by atoms with E-state index in [1.165, 1.54) is 4.72 Å². The molecule has 1 rings (SSSR count). The van der Waals surface area contributed by atoms with Crippen LogP contribution in [0.4, 0.5) is 23.2 Å². The predicted octanol–water partition coefficient (Wildman–Crippen LogP) is 2.02. The van der Waals surface area contributed by atoms with E-state index in [1.807, 2.05) is 0 Å². The number of halogens is 4. The maximum absolute atomic E-state index is 13.8. The number of alkyl halides is 3. The van der Waals surface area contributed by atoms with Crippen LogP contribution in [0, 0.1) is 5.82 Å². The van der Waals surface area contributed by atoms with Crippen LogP contribution in [-0.4, -0.2) is 20.6 Å². The summed E-state index contributed by atoms with van der Waals surface area (Å²) in [5.41, 5.74) is -2.85. The highest BCUT2D eigenvalue weighted by Crippen LogP contribution is 2.37. The molecule has 0 saturated heterocycles. The summed E-state index contributed by atoms with van der Waals surface area (Å²) in [4.78, 5) is 11.0. The molecule has 0 saturated carbocycles. The smallest absolute Gasteiger partial charge is 0.348 e. The second-order valence-electron chi connectivity index (χ2n) is 4.29. The molecule has 5 nitrogen and oxygen atoms in total. The fourth-order valence-electron chi connectivity index (χ4n) is 1.54. The van der Waals surface area contributed by atoms with Crippen molar-refractivity contribution in [3.05, 3.63) is 41.7 Å². The molecular formula is C12H12F4N2O3S. The van der Waals surface area contributed by atoms with E-state index in [1.54, 1.807) is 0 Å². The van der Waals surface area contributed by atoms with Gasteiger partial charge >= 0.3 is 6.18 Å². The van der Waals surface area contributed by atoms with Crippen molar-refractivity contribution in [3.8, 4) is 0 Å². The fourth-order valence-corrected chi connectivity index (χ4v) is 2.12. The summed E-state index contributed by atoms with van der Waals surface area (Å²) >= 11 is 0. The standard InChI is InChI=1S/C12H12F4N2O3S/c1-3-10(19)17-6-7-4-8(12(14,15)16)11(9(13)5-7)18-22(2,20)21/h3-5,18H,1,6H2,2H3,(H,17,19). The summed E-state index contributed by atoms with van der Waals surface area (Å²) in [6.07, 6.45) is -3.47. The number of sulfonamides is 1. The lowest BCUT2D eigenvalue weighted by Gasteiger charge is -2.16. The largest absolute Gasteiger partial charge is 0.418 e. The van der Waals surface area contributed by atoms with Gasteiger partial charge in [0.15, 0.2) is 0 Å². The van der Waals surface area contributed by atoms with E-state index in [-0.39, 0.29) is 12.1 Å². The summed E-state index contributed by atoms with van der Waals surface area (Å²) in [7, 11) is -4.10. The minimum Gasteiger partial charge on any atom is -0.348 e. The topological polar surface area (TPSA) is 75.3 Å². The van der Waals surface area contributed by atoms with Crippen LogP contribution in [-0.2, 0) is 27.5 Å². The van der Waals surface area contributed by atoms with Crippen molar-refractivity contribution in [2.75, 3.05) is 11.0 Å². The third-order valence-corrected chi connectivity index (χ3v) is 2.97. The van der Waals surface area contributed by atoms with Gasteiger partial charge in [-0.1, -0.05) is 6.58 Å². The summed E-state index contributed by atoms with van der Waals surface area (Å²) in [6, 6.07) is 1.26. The number of hydrogen-bond acceptors (Lipinski definition) is 3. The first-order chi connectivity index (χ1) is 9.94. The number of carbonyl (C=O) groups is 1. The molecule has 122 valence electrons. The Kier molecular flexibility index (Phi) is 5.17. The lowest BCUT2D eigenvalue weighted by Crippen LogP contribution is -2.22. The zero-order valence-electron chi connectivity index (χ0n) is 11.3. The summed E-state index contributed by atoms with van der Waals surface area (Å²) in [6.45, 7) is 2.79. The molecule has 0 aromatic heterocycles. The van der Waals surface area contributed by atoms with Gasteiger partial charge in [-0.15, -0.1) is 0 Å². The summed E-state index contributed by atoms with van der Waals surface area (Å²) in [5.74, 6) is -2.05. The first kappa shape index (κ1) is 18.0. The van der Waals surface area contributed by atoms with Gasteiger partial charge in [-0.25, -0.2) is 12.8 Å². The van der Waals surface area contributed by atoms with Gasteiger partial charge in [-0.3, -0.25) is 9.52 Å². The van der Waals surface area contributed by atoms with Gasteiger partial charge < -0.3 is 5.32 Å². The van der Waals surface area contributed by atoms with Crippen LogP contribution in [0.25, 0.3) is 0 Å². The van der Waals surface area contributed by atoms with Gasteiger partial charge in [-0.2, -0.15) is 13.2 Å². The van der Waals surface area contributed by atoms with Gasteiger partial charge in [0.1, 0.15) is 5.82 Å². The summed E-state index contributed by atoms with van der Waals surface area (Å²) < 4.78 is 76.3. The SMILES string of the molecule is C=CC(=O)NCc1cc(F)c(NS(C)(=O)=O)c(C(F)(F)F)c1. The quantitative estimate of drug-likeness (QED) is 0.636. The monoisotopic (exact) mass is 340 g/mol. The highest BCUT2D eigenvalue weighted by Gasteiger charge is 2.36. The van der Waals surface area contributed by atoms with Gasteiger partial charge in [0.25, 0.3) is 0 Å². The van der Waals surface area contributed by atoms with E-state index in [4.69, 9.17) is 0 Å². The number of anilines is 1. The Hall–Kier alpha value is -2.10. The summed E-state index contributed by atoms with van der Waals surface area (Å²) in [5, 5.41) is 2.19. The van der Waals surface area contributed by atoms with E-state index in [2.05, 4.69) is 11.9 Å². The Morgan fingerprint density at radius 1 is 1.36 bits per heavy atom. The van der Waals surface area contributed by atoms with E-state index < -0.39 is 39.2 Å². The highest BCUT2D eigenvalue weighted by atomic mass is 32.2. The molecule has 0 aliphatic rings. The number of amides is 1. The second-order valence-corrected chi connectivity index (χ2v) is 6.04. The molecule has 0 aliphatic heterocycles. The average molecular weight is 340 g/mol. The van der Waals surface area contributed by atoms with Crippen LogP contribution in [0.15, 0.2) is 24.8 Å². The van der Waals surface area contributed by atoms with Crippen molar-refractivity contribution < 1.29 is 30.8 Å². The zero-order chi connectivity index (χ0) is 17.1. The molecule has 1 aromatic carbocycles. The van der Waals surface area contributed by atoms with Gasteiger partial charge in [0, 0.05) is 6.54 Å². The van der Waals surface area contributed by atoms with E-state index in [9.17, 15) is 30.8 Å². The molecular weight excluding hydrogens is 328 g/mol. The van der Waals surface area contributed by atoms with Gasteiger partial charge in [0.05, 0.1) is 17.5 Å². The maximum Gasteiger partial charge on any atom is 0.418 e. The molecule has 0 atom stereocenters. The maximum atomic E-state index is 13.8. The molecule has 22 heavy (non-hydrogen) atoms. The minimum absolute atomic E-state index is 0.181. The first-order valence-corrected chi connectivity index (χ1v) is 7.61. The average Bonchev–Trinajstić information content (AvgIpc) is 2.35. The minimum atomic E-state index is -4.98. The van der Waals surface area contributed by atoms with Crippen LogP contribution in [0.2, 0.25) is 0 Å². The number of nitrogens with one attached hydrogen (secondary N) is 2. The predicted molar refractivity (Wildman–Crippen MR) is 71.9 cm³/mol. The van der Waals surface area contributed by atoms with Crippen LogP contribution in [0.5, 0.6) is 0 Å². The zero-order valence-corrected chi connectivity index (χ0v) is 12.1. The lowest BCUT2D eigenvalue weighted by atomic mass is 10.1. The van der Waals surface area contributed by atoms with Crippen molar-refractivity contribution in [3.63, 3.8) is 0 Å². The molecule has 10 heteroatoms. The Morgan fingerprint density at radius 3 is 2.41 bits per heavy atom. The van der Waals surface area contributed by atoms with Crippen LogP contribution in [0.3, 0.4) is 0 Å². The number of carbonyl (C=O) groups excluding carboxylic acids is 1. The third kappa shape index (κ3) is 5.02. The number of hydrogen-bond donors (Lipinski definition) is 2. The van der Waals surface area contributed by atoms with Crippen molar-refractivity contribution in [1.82, 2.24) is 5.32 Å². The normalized spacial score (nSPS) is 11.9. The molecule has 0 unspecified atom stereocenters. The molecule has 0 spiro atoms. The van der Waals surface area contributed by atoms with Crippen LogP contribution < -0.4 is 10.0 Å². The molecule has 0 bridgehead atoms. The first-order valence-electron chi connectivity index (χ1n) is 5.71. The Labute approximate surface area is 124 Å². The Balaban J connectivity index is 3.30. The van der Waals surface area contributed by atoms with Crippen molar-refractivity contribution >= 4 is 21.6 Å². The molecule has 0 heterocycles. The highest BCUT2D eigenvalue weighted by molar-refractivity contribution is 7.92. The number of benzene rings is 1. The van der Waals surface area contributed by atoms with Gasteiger partial charge in [-0.05, 0) is 23.8 Å². The van der Waals surface area contributed by atoms with Gasteiger partial charge in [0.2, 0.25) is 15.9 Å². The molecule has 2 N–H and O–H groups in total. The van der Waals surface area contributed by atoms with Crippen molar-refractivity contribution in [2.45, 2.75) is 12.7 Å². The van der Waals surface area contributed by atoms with Crippen LogP contribution >= 0.6 is 0 Å². The van der Waals surface area contributed by atoms with E-state index >= 15 is 0 Å². The molecule has 0 fully saturated rings. The Bertz CT molecular complexity index is 699. The lowest BCUT2D eigenvalue weighted by molar-refractivity contribution is -0.137. The van der Waals surface area contributed by atoms with Crippen molar-refractivity contribution in [2.24, 2.45) is 0 Å². The fraction of sp³-hybridized carbons (Fsp3) is 0.250. The molecule has 0 radical (unpaired) electrons. The number of rotatable bonds is 5. The molecule has 0 aliphatic carbocycles. The third-order valence-electron chi connectivity index (χ3n) is 2.40. The van der Waals surface area contributed by atoms with Crippen LogP contribution in [0.1, 0.15) is 11.1 Å². The molecule has 1 aromatic rings. The van der Waals surface area contributed by atoms with Crippen molar-refractivity contribution in [1.29, 1.82) is 0 Å². The molecule has 1 amide bonds. The van der Waals surface area contributed by atoms with E-state index in [0.717, 1.165) is 6.08 Å². The second kappa shape index (κ2) is 6.34.